The maximum Gasteiger partial charge on any atom is 0.356 e. The third-order valence-corrected chi connectivity index (χ3v) is 20.9. The number of rotatable bonds is 6. The van der Waals surface area contributed by atoms with Crippen LogP contribution in [0.1, 0.15) is 6.92 Å². The zero-order chi connectivity index (χ0) is 16.7. The molecule has 0 aliphatic carbocycles. The van der Waals surface area contributed by atoms with Crippen LogP contribution in [0.5, 0.6) is 0 Å². The van der Waals surface area contributed by atoms with E-state index in [9.17, 15) is 50.5 Å². The fourth-order valence-electron chi connectivity index (χ4n) is 0.656. The molecule has 12 nitrogen and oxygen atoms in total. The van der Waals surface area contributed by atoms with Gasteiger partial charge in [-0.1, -0.05) is 0 Å². The molecule has 0 saturated carbocycles. The Morgan fingerprint density at radius 1 is 0.600 bits per heavy atom. The van der Waals surface area contributed by atoms with E-state index in [1.807, 2.05) is 0 Å². The van der Waals surface area contributed by atoms with Crippen molar-refractivity contribution in [2.45, 2.75) is 11.5 Å². The van der Waals surface area contributed by atoms with Gasteiger partial charge in [-0.2, -0.15) is 16.8 Å². The van der Waals surface area contributed by atoms with E-state index in [0.29, 0.717) is 0 Å². The van der Waals surface area contributed by atoms with Crippen molar-refractivity contribution in [1.82, 2.24) is 0 Å². The molecule has 0 aromatic heterocycles. The van der Waals surface area contributed by atoms with Crippen LogP contribution in [-0.2, 0) is 53.0 Å². The molecular weight excluding hydrogens is 408 g/mol. The van der Waals surface area contributed by atoms with Crippen LogP contribution in [0.3, 0.4) is 0 Å². The van der Waals surface area contributed by atoms with Crippen molar-refractivity contribution >= 4 is 53.0 Å². The minimum absolute atomic E-state index is 0.0113. The van der Waals surface area contributed by atoms with Gasteiger partial charge in [0.2, 0.25) is 0 Å². The van der Waals surface area contributed by atoms with Crippen molar-refractivity contribution in [2.24, 2.45) is 0 Å². The Morgan fingerprint density at radius 3 is 0.950 bits per heavy atom. The van der Waals surface area contributed by atoms with Crippen LogP contribution in [0.2, 0.25) is 0 Å². The average molecular weight is 414 g/mol. The van der Waals surface area contributed by atoms with Gasteiger partial charge in [-0.25, -0.2) is 33.7 Å². The molecule has 0 N–H and O–H groups in total. The van der Waals surface area contributed by atoms with Crippen LogP contribution in [0, 0.1) is 0 Å². The molecule has 0 aromatic rings. The molecule has 0 spiro atoms. The summed E-state index contributed by atoms with van der Waals surface area (Å²) in [7, 11) is -33.6. The van der Waals surface area contributed by atoms with Crippen molar-refractivity contribution in [2.75, 3.05) is 0 Å². The molecule has 0 unspecified atom stereocenters. The summed E-state index contributed by atoms with van der Waals surface area (Å²) in [5.74, 6) is 0. The molecule has 0 aromatic carbocycles. The third kappa shape index (κ3) is 2.84. The molecule has 0 saturated heterocycles. The Kier molecular flexibility index (Phi) is 5.40. The van der Waals surface area contributed by atoms with Gasteiger partial charge >= 0.3 is 15.8 Å². The molecule has 0 fully saturated rings. The smallest absolute Gasteiger partial charge is 0.215 e. The SMILES string of the molecule is CC(S(=O)(=O)S(=O)(=O)[SH](=O)=O)S(=O)(=O)S(=O)(=O)[SH](=O)=O. The van der Waals surface area contributed by atoms with Gasteiger partial charge in [0.15, 0.2) is 4.58 Å². The minimum atomic E-state index is -6.07. The van der Waals surface area contributed by atoms with Crippen molar-refractivity contribution in [1.29, 1.82) is 0 Å². The molecule has 0 amide bonds. The fraction of sp³-hybridized carbons (Fsp3) is 1.00. The van der Waals surface area contributed by atoms with Crippen LogP contribution in [0.15, 0.2) is 0 Å². The largest absolute Gasteiger partial charge is 0.356 e. The number of hydrogen-bond acceptors (Lipinski definition) is 12. The van der Waals surface area contributed by atoms with Gasteiger partial charge in [0.1, 0.15) is 0 Å². The predicted molar refractivity (Wildman–Crippen MR) is 65.8 cm³/mol. The molecule has 18 heteroatoms. The quantitative estimate of drug-likeness (QED) is 0.314. The summed E-state index contributed by atoms with van der Waals surface area (Å²) in [4.78, 5) is 0. The lowest BCUT2D eigenvalue weighted by molar-refractivity contribution is 0.572. The fourth-order valence-corrected chi connectivity index (χ4v) is 16.5. The average Bonchev–Trinajstić information content (AvgIpc) is 2.26. The second kappa shape index (κ2) is 5.48. The second-order valence-electron chi connectivity index (χ2n) is 2.86. The van der Waals surface area contributed by atoms with E-state index >= 15 is 0 Å². The summed E-state index contributed by atoms with van der Waals surface area (Å²) in [6.45, 7) is 0.0113. The summed E-state index contributed by atoms with van der Waals surface area (Å²) in [6.07, 6.45) is 0. The maximum absolute atomic E-state index is 11.3. The summed E-state index contributed by atoms with van der Waals surface area (Å²) >= 11 is 0. The highest BCUT2D eigenvalue weighted by molar-refractivity contribution is 9.00. The molecule has 0 bridgehead atoms. The molecule has 122 valence electrons. The van der Waals surface area contributed by atoms with Crippen molar-refractivity contribution in [3.8, 4) is 0 Å². The van der Waals surface area contributed by atoms with E-state index in [1.54, 1.807) is 0 Å². The minimum Gasteiger partial charge on any atom is -0.215 e. The van der Waals surface area contributed by atoms with E-state index in [-0.39, 0.29) is 6.92 Å². The van der Waals surface area contributed by atoms with Crippen LogP contribution in [0.4, 0.5) is 0 Å². The molecule has 0 heterocycles. The maximum atomic E-state index is 11.3. The first-order valence-corrected chi connectivity index (χ1v) is 14.5. The Bertz CT molecular complexity index is 862. The lowest BCUT2D eigenvalue weighted by Gasteiger charge is -2.09. The van der Waals surface area contributed by atoms with Gasteiger partial charge in [-0.3, -0.25) is 0 Å². The van der Waals surface area contributed by atoms with E-state index < -0.39 is 57.6 Å². The highest BCUT2D eigenvalue weighted by atomic mass is 33.6. The number of thiol groups is 2. The molecule has 20 heavy (non-hydrogen) atoms. The predicted octanol–water partition coefficient (Wildman–Crippen LogP) is -4.13. The number of hydrogen-bond donors (Lipinski definition) is 2. The second-order valence-corrected chi connectivity index (χ2v) is 20.7. The van der Waals surface area contributed by atoms with Crippen molar-refractivity contribution in [3.63, 3.8) is 0 Å². The van der Waals surface area contributed by atoms with Gasteiger partial charge in [-0.05, 0) is 6.92 Å². The van der Waals surface area contributed by atoms with E-state index in [0.717, 1.165) is 0 Å². The van der Waals surface area contributed by atoms with E-state index in [2.05, 4.69) is 0 Å². The topological polar surface area (TPSA) is 205 Å². The molecule has 0 rings (SSSR count). The molecule has 0 radical (unpaired) electrons. The van der Waals surface area contributed by atoms with E-state index in [1.165, 1.54) is 0 Å². The van der Waals surface area contributed by atoms with Crippen LogP contribution in [-0.4, -0.2) is 55.1 Å². The summed E-state index contributed by atoms with van der Waals surface area (Å²) in [5.41, 5.74) is 0. The summed E-state index contributed by atoms with van der Waals surface area (Å²) < 4.78 is 127. The van der Waals surface area contributed by atoms with Crippen molar-refractivity contribution < 1.29 is 50.5 Å². The first kappa shape index (κ1) is 19.7. The zero-order valence-corrected chi connectivity index (χ0v) is 14.1. The van der Waals surface area contributed by atoms with Gasteiger partial charge in [0.05, 0.1) is 0 Å². The van der Waals surface area contributed by atoms with Crippen molar-refractivity contribution in [3.05, 3.63) is 0 Å². The summed E-state index contributed by atoms with van der Waals surface area (Å²) in [6, 6.07) is 0. The molecular formula is C2H6O12S6. The Hall–Kier alpha value is -0.300. The Morgan fingerprint density at radius 2 is 0.800 bits per heavy atom. The van der Waals surface area contributed by atoms with Gasteiger partial charge in [0.25, 0.3) is 37.2 Å². The normalized spacial score (nSPS) is 15.0. The van der Waals surface area contributed by atoms with Gasteiger partial charge in [-0.15, -0.1) is 0 Å². The van der Waals surface area contributed by atoms with Crippen LogP contribution in [0.25, 0.3) is 0 Å². The Balaban J connectivity index is 6.58. The highest BCUT2D eigenvalue weighted by Crippen LogP contribution is 2.22. The highest BCUT2D eigenvalue weighted by Gasteiger charge is 2.51. The molecule has 0 atom stereocenters. The van der Waals surface area contributed by atoms with Crippen LogP contribution >= 0.6 is 0 Å². The lowest BCUT2D eigenvalue weighted by atomic mass is 11.0. The van der Waals surface area contributed by atoms with Gasteiger partial charge in [0, 0.05) is 0 Å². The monoisotopic (exact) mass is 414 g/mol. The van der Waals surface area contributed by atoms with Crippen LogP contribution < -0.4 is 0 Å². The first-order chi connectivity index (χ1) is 8.54. The zero-order valence-electron chi connectivity index (χ0n) is 9.00. The Labute approximate surface area is 115 Å². The summed E-state index contributed by atoms with van der Waals surface area (Å²) in [5, 5.41) is 0. The third-order valence-electron chi connectivity index (χ3n) is 1.77. The van der Waals surface area contributed by atoms with Gasteiger partial charge < -0.3 is 0 Å². The molecule has 0 aliphatic heterocycles. The lowest BCUT2D eigenvalue weighted by Crippen LogP contribution is -2.37. The standard InChI is InChI=1S/C2H6O12S6/c1-2(17(7,8)19(11,12)15(3)4)18(9,10)20(13,14)16(5)6/h2,15-16H,1H3. The molecule has 0 aliphatic rings. The van der Waals surface area contributed by atoms with E-state index in [4.69, 9.17) is 0 Å². The first-order valence-electron chi connectivity index (χ1n) is 3.81.